The summed E-state index contributed by atoms with van der Waals surface area (Å²) in [6, 6.07) is 24.0. The van der Waals surface area contributed by atoms with Crippen LogP contribution in [0, 0.1) is 0 Å². The van der Waals surface area contributed by atoms with Crippen LogP contribution in [0.1, 0.15) is 50.7 Å². The number of hydrogen-bond acceptors (Lipinski definition) is 8. The molecule has 0 bridgehead atoms. The molecule has 2 heterocycles. The molecule has 7 rings (SSSR count). The second-order valence-electron chi connectivity index (χ2n) is 12.3. The van der Waals surface area contributed by atoms with Crippen molar-refractivity contribution in [3.8, 4) is 23.1 Å². The molecular formula is C38H42N6O4. The predicted octanol–water partition coefficient (Wildman–Crippen LogP) is 6.07. The summed E-state index contributed by atoms with van der Waals surface area (Å²) in [5.41, 5.74) is 4.28. The van der Waals surface area contributed by atoms with Gasteiger partial charge in [-0.15, -0.1) is 0 Å². The van der Waals surface area contributed by atoms with E-state index >= 15 is 0 Å². The fourth-order valence-corrected chi connectivity index (χ4v) is 7.56. The van der Waals surface area contributed by atoms with Gasteiger partial charge < -0.3 is 30.2 Å². The smallest absolute Gasteiger partial charge is 0.217 e. The van der Waals surface area contributed by atoms with Crippen LogP contribution in [0.5, 0.6) is 11.8 Å². The number of aromatic hydroxyl groups is 2. The van der Waals surface area contributed by atoms with Gasteiger partial charge in [0.2, 0.25) is 11.8 Å². The summed E-state index contributed by atoms with van der Waals surface area (Å²) in [5, 5.41) is 58.7. The van der Waals surface area contributed by atoms with Gasteiger partial charge in [0.1, 0.15) is 0 Å². The summed E-state index contributed by atoms with van der Waals surface area (Å²) in [5.74, 6) is -1.89. The minimum atomic E-state index is -1.09. The van der Waals surface area contributed by atoms with E-state index in [1.165, 1.54) is 21.8 Å². The molecule has 6 aromatic rings. The third kappa shape index (κ3) is 4.78. The highest BCUT2D eigenvalue weighted by molar-refractivity contribution is 6.00. The number of rotatable bonds is 10. The Labute approximate surface area is 279 Å². The van der Waals surface area contributed by atoms with E-state index in [2.05, 4.69) is 59.8 Å². The monoisotopic (exact) mass is 646 g/mol. The standard InChI is InChI=1S/C38H42N6O4/c1-5-41(6-2)29-17-19-31(25-15-11-9-13-23(25)29)43-37(47)27(21-39-43)33-35(45)34(36(33)46)28-22-40-44(38(28)48)32-20-18-30(42(7-3)8-4)24-14-10-12-16-26(24)32/h9-22,33-36,45-48H,5-8H2,1-4H3. The quantitative estimate of drug-likeness (QED) is 0.142. The maximum Gasteiger partial charge on any atom is 0.217 e. The lowest BCUT2D eigenvalue weighted by atomic mass is 9.64. The highest BCUT2D eigenvalue weighted by atomic mass is 16.3. The zero-order valence-electron chi connectivity index (χ0n) is 27.7. The first kappa shape index (κ1) is 31.5. The van der Waals surface area contributed by atoms with Crippen LogP contribution in [0.4, 0.5) is 11.4 Å². The highest BCUT2D eigenvalue weighted by Gasteiger charge is 2.53. The lowest BCUT2D eigenvalue weighted by Gasteiger charge is -2.45. The molecule has 1 fully saturated rings. The molecule has 0 saturated heterocycles. The molecular weight excluding hydrogens is 604 g/mol. The topological polar surface area (TPSA) is 123 Å². The molecule has 0 radical (unpaired) electrons. The molecule has 0 aliphatic heterocycles. The van der Waals surface area contributed by atoms with Gasteiger partial charge in [-0.25, -0.2) is 9.36 Å². The van der Waals surface area contributed by atoms with E-state index in [0.717, 1.165) is 59.1 Å². The Morgan fingerprint density at radius 3 is 1.25 bits per heavy atom. The van der Waals surface area contributed by atoms with E-state index < -0.39 is 24.0 Å². The fourth-order valence-electron chi connectivity index (χ4n) is 7.56. The van der Waals surface area contributed by atoms with Crippen LogP contribution in [0.15, 0.2) is 85.2 Å². The molecule has 1 aliphatic carbocycles. The van der Waals surface area contributed by atoms with Crippen molar-refractivity contribution in [1.29, 1.82) is 0 Å². The first-order valence-corrected chi connectivity index (χ1v) is 16.8. The number of nitrogens with zero attached hydrogens (tertiary/aromatic N) is 6. The van der Waals surface area contributed by atoms with Gasteiger partial charge in [-0.05, 0) is 52.0 Å². The Kier molecular flexibility index (Phi) is 8.22. The molecule has 10 heteroatoms. The van der Waals surface area contributed by atoms with Crippen molar-refractivity contribution in [1.82, 2.24) is 19.6 Å². The van der Waals surface area contributed by atoms with E-state index in [1.54, 1.807) is 0 Å². The minimum absolute atomic E-state index is 0.142. The SMILES string of the molecule is CCN(CC)c1ccc(-n2ncc(C3C(O)C(c4cnn(-c5ccc(N(CC)CC)c6ccccc56)c4O)C3O)c2O)c2ccccc12. The van der Waals surface area contributed by atoms with Crippen LogP contribution in [0.25, 0.3) is 32.9 Å². The Hall–Kier alpha value is -5.06. The van der Waals surface area contributed by atoms with Crippen LogP contribution in [-0.4, -0.2) is 78.4 Å². The molecule has 0 unspecified atom stereocenters. The Morgan fingerprint density at radius 2 is 0.896 bits per heavy atom. The van der Waals surface area contributed by atoms with Crippen LogP contribution in [0.2, 0.25) is 0 Å². The lowest BCUT2D eigenvalue weighted by molar-refractivity contribution is -0.0798. The number of aromatic nitrogens is 4. The minimum Gasteiger partial charge on any atom is -0.493 e. The summed E-state index contributed by atoms with van der Waals surface area (Å²) in [4.78, 5) is 4.56. The molecule has 1 aliphatic rings. The van der Waals surface area contributed by atoms with Crippen molar-refractivity contribution < 1.29 is 20.4 Å². The Morgan fingerprint density at radius 1 is 0.542 bits per heavy atom. The third-order valence-electron chi connectivity index (χ3n) is 10.2. The number of anilines is 2. The number of aliphatic hydroxyl groups is 2. The number of hydrogen-bond donors (Lipinski definition) is 4. The van der Waals surface area contributed by atoms with Gasteiger partial charge in [0, 0.05) is 82.1 Å². The van der Waals surface area contributed by atoms with E-state index in [-0.39, 0.29) is 11.8 Å². The van der Waals surface area contributed by atoms with Gasteiger partial charge in [0.25, 0.3) is 0 Å². The van der Waals surface area contributed by atoms with Gasteiger partial charge in [0.15, 0.2) is 0 Å². The number of benzene rings is 4. The predicted molar refractivity (Wildman–Crippen MR) is 190 cm³/mol. The van der Waals surface area contributed by atoms with Crippen molar-refractivity contribution in [2.45, 2.75) is 51.7 Å². The van der Waals surface area contributed by atoms with Crippen LogP contribution in [-0.2, 0) is 0 Å². The summed E-state index contributed by atoms with van der Waals surface area (Å²) in [7, 11) is 0. The molecule has 1 saturated carbocycles. The average molecular weight is 647 g/mol. The van der Waals surface area contributed by atoms with Crippen molar-refractivity contribution in [3.05, 3.63) is 96.3 Å². The number of fused-ring (bicyclic) bond motifs is 2. The second-order valence-corrected chi connectivity index (χ2v) is 12.3. The van der Waals surface area contributed by atoms with Crippen molar-refractivity contribution in [2.75, 3.05) is 36.0 Å². The second kappa shape index (κ2) is 12.5. The van der Waals surface area contributed by atoms with Gasteiger partial charge in [-0.3, -0.25) is 0 Å². The van der Waals surface area contributed by atoms with E-state index in [0.29, 0.717) is 22.5 Å². The van der Waals surface area contributed by atoms with Crippen LogP contribution >= 0.6 is 0 Å². The zero-order valence-corrected chi connectivity index (χ0v) is 27.7. The first-order valence-electron chi connectivity index (χ1n) is 16.8. The molecule has 248 valence electrons. The average Bonchev–Trinajstić information content (AvgIpc) is 3.67. The van der Waals surface area contributed by atoms with Crippen LogP contribution < -0.4 is 9.80 Å². The maximum absolute atomic E-state index is 11.4. The molecule has 4 aromatic carbocycles. The summed E-state index contributed by atoms with van der Waals surface area (Å²) in [6.45, 7) is 11.9. The highest BCUT2D eigenvalue weighted by Crippen LogP contribution is 2.52. The Balaban J connectivity index is 1.20. The molecule has 2 aromatic heterocycles. The summed E-state index contributed by atoms with van der Waals surface area (Å²) >= 11 is 0. The van der Waals surface area contributed by atoms with E-state index in [9.17, 15) is 20.4 Å². The van der Waals surface area contributed by atoms with E-state index in [1.807, 2.05) is 60.7 Å². The molecule has 10 nitrogen and oxygen atoms in total. The zero-order chi connectivity index (χ0) is 33.7. The van der Waals surface area contributed by atoms with Crippen molar-refractivity contribution >= 4 is 32.9 Å². The normalized spacial score (nSPS) is 19.1. The summed E-state index contributed by atoms with van der Waals surface area (Å²) < 4.78 is 2.91. The molecule has 48 heavy (non-hydrogen) atoms. The maximum atomic E-state index is 11.4. The van der Waals surface area contributed by atoms with Crippen LogP contribution in [0.3, 0.4) is 0 Å². The van der Waals surface area contributed by atoms with Gasteiger partial charge in [-0.2, -0.15) is 10.2 Å². The first-order chi connectivity index (χ1) is 23.3. The van der Waals surface area contributed by atoms with Gasteiger partial charge in [0.05, 0.1) is 36.0 Å². The fraction of sp³-hybridized carbons (Fsp3) is 0.316. The summed E-state index contributed by atoms with van der Waals surface area (Å²) in [6.07, 6.45) is 0.830. The van der Waals surface area contributed by atoms with Gasteiger partial charge >= 0.3 is 0 Å². The molecule has 4 N–H and O–H groups in total. The molecule has 0 amide bonds. The lowest BCUT2D eigenvalue weighted by Crippen LogP contribution is -2.51. The van der Waals surface area contributed by atoms with Gasteiger partial charge in [-0.1, -0.05) is 48.5 Å². The molecule has 0 spiro atoms. The molecule has 0 atom stereocenters. The van der Waals surface area contributed by atoms with Crippen molar-refractivity contribution in [3.63, 3.8) is 0 Å². The van der Waals surface area contributed by atoms with Crippen molar-refractivity contribution in [2.24, 2.45) is 0 Å². The third-order valence-corrected chi connectivity index (χ3v) is 10.2. The Bertz CT molecular complexity index is 1940. The van der Waals surface area contributed by atoms with E-state index in [4.69, 9.17) is 0 Å². The number of aliphatic hydroxyl groups excluding tert-OH is 2. The largest absolute Gasteiger partial charge is 0.493 e.